The molecule has 0 spiro atoms. The summed E-state index contributed by atoms with van der Waals surface area (Å²) in [6, 6.07) is 0. The van der Waals surface area contributed by atoms with Gasteiger partial charge in [0.15, 0.2) is 0 Å². The van der Waals surface area contributed by atoms with Crippen LogP contribution in [-0.4, -0.2) is 91.5 Å². The fourth-order valence-electron chi connectivity index (χ4n) is 13.4. The van der Waals surface area contributed by atoms with Crippen LogP contribution in [0.4, 0.5) is 0 Å². The Balaban J connectivity index is 0.000000106. The Kier molecular flexibility index (Phi) is 10.2. The molecule has 0 aromatic rings. The largest absolute Gasteiger partial charge is 4.00 e. The van der Waals surface area contributed by atoms with E-state index in [2.05, 4.69) is 63.7 Å². The molecular weight excluding hydrogens is 1100 g/mol. The zero-order valence-electron chi connectivity index (χ0n) is 29.4. The molecule has 0 aromatic carbocycles. The van der Waals surface area contributed by atoms with Crippen LogP contribution in [0.1, 0.15) is 51.4 Å². The monoisotopic (exact) mass is 1130 g/mol. The fraction of sp³-hybridized carbons (Fsp3) is 0.778. The quantitative estimate of drug-likeness (QED) is 0.125. The van der Waals surface area contributed by atoms with Crippen LogP contribution in [0.15, 0.2) is 0 Å². The summed E-state index contributed by atoms with van der Waals surface area (Å²) in [5.41, 5.74) is -5.58. The molecule has 0 amide bonds. The minimum Gasteiger partial charge on any atom is -0.549 e. The Morgan fingerprint density at radius 1 is 0.404 bits per heavy atom. The van der Waals surface area contributed by atoms with Crippen LogP contribution in [0.5, 0.6) is 0 Å². The van der Waals surface area contributed by atoms with Gasteiger partial charge < -0.3 is 58.6 Å². The summed E-state index contributed by atoms with van der Waals surface area (Å²) < 4.78 is 20.4. The van der Waals surface area contributed by atoms with Gasteiger partial charge in [0, 0.05) is 66.7 Å². The second-order valence-corrected chi connectivity index (χ2v) is 21.0. The smallest absolute Gasteiger partial charge is 0.549 e. The van der Waals surface area contributed by atoms with E-state index < -0.39 is 69.4 Å². The summed E-state index contributed by atoms with van der Waals surface area (Å²) in [7, 11) is 0. The van der Waals surface area contributed by atoms with Crippen molar-refractivity contribution in [1.82, 2.24) is 0 Å². The number of alkyl halides is 4. The second-order valence-electron chi connectivity index (χ2n) is 17.1. The van der Waals surface area contributed by atoms with Crippen LogP contribution in [0.3, 0.4) is 0 Å². The first-order valence-corrected chi connectivity index (χ1v) is 22.3. The Morgan fingerprint density at radius 2 is 0.579 bits per heavy atom. The van der Waals surface area contributed by atoms with Gasteiger partial charge in [-0.25, -0.2) is 0 Å². The van der Waals surface area contributed by atoms with Gasteiger partial charge in [0.25, 0.3) is 0 Å². The SMILES string of the molecule is O=C([O-])C12C(=O)OC3C(CCC31)C2Br.O=C([O-])C12C(=O)OC3C(CCC31)C2Br.O=C([O-])C12C(=O)OC3C(CCC31)C2Br.O=C([O-])C12C(=O)OC3C(CCC31)C2Br.[Zr+4]. The molecular formula is C36H32Br4O16Zr. The number of carbonyl (C=O) groups excluding carboxylic acids is 8. The average Bonchev–Trinajstić information content (AvgIpc) is 3.99. The van der Waals surface area contributed by atoms with Crippen LogP contribution in [-0.2, 0) is 83.5 Å². The molecule has 12 aliphatic rings. The van der Waals surface area contributed by atoms with Crippen LogP contribution in [0.2, 0.25) is 0 Å². The Labute approximate surface area is 376 Å². The van der Waals surface area contributed by atoms with E-state index in [4.69, 9.17) is 18.9 Å². The molecule has 8 aliphatic carbocycles. The van der Waals surface area contributed by atoms with Crippen LogP contribution in [0, 0.1) is 69.0 Å². The number of ether oxygens (including phenoxy) is 4. The summed E-state index contributed by atoms with van der Waals surface area (Å²) in [4.78, 5) is 89.5. The standard InChI is InChI=1S/4C9H9BrO4.Zr/c4*10-6-3-1-2-4-5(3)14-8(13)9(4,6)7(11)12;/h4*3-6H,1-2H2,(H,11,12);/q;;;;+4/p-4. The third kappa shape index (κ3) is 4.73. The van der Waals surface area contributed by atoms with Gasteiger partial charge in [-0.05, 0) is 51.4 Å². The van der Waals surface area contributed by atoms with E-state index in [0.29, 0.717) is 0 Å². The predicted octanol–water partition coefficient (Wildman–Crippen LogP) is -2.20. The number of carboxylic acids is 4. The molecule has 20 atom stereocenters. The molecule has 4 heterocycles. The number of aliphatic carboxylic acids is 4. The summed E-state index contributed by atoms with van der Waals surface area (Å²) in [5, 5.41) is 44.6. The van der Waals surface area contributed by atoms with Gasteiger partial charge >= 0.3 is 50.1 Å². The molecule has 4 saturated heterocycles. The number of halogens is 4. The van der Waals surface area contributed by atoms with Crippen molar-refractivity contribution in [2.45, 2.75) is 95.1 Å². The van der Waals surface area contributed by atoms with Crippen molar-refractivity contribution >= 4 is 111 Å². The first-order chi connectivity index (χ1) is 26.4. The molecule has 304 valence electrons. The molecule has 8 saturated carbocycles. The van der Waals surface area contributed by atoms with E-state index in [1.165, 1.54) is 0 Å². The van der Waals surface area contributed by atoms with Crippen molar-refractivity contribution < 1.29 is 104 Å². The molecule has 57 heavy (non-hydrogen) atoms. The van der Waals surface area contributed by atoms with Crippen LogP contribution in [0.25, 0.3) is 0 Å². The number of hydrogen-bond donors (Lipinski definition) is 0. The Morgan fingerprint density at radius 3 is 0.702 bits per heavy atom. The molecule has 20 unspecified atom stereocenters. The van der Waals surface area contributed by atoms with Crippen molar-refractivity contribution in [3.63, 3.8) is 0 Å². The normalized spacial score (nSPS) is 52.7. The van der Waals surface area contributed by atoms with E-state index in [-0.39, 0.29) is 117 Å². The molecule has 0 N–H and O–H groups in total. The molecule has 0 radical (unpaired) electrons. The second kappa shape index (κ2) is 13.8. The van der Waals surface area contributed by atoms with Crippen molar-refractivity contribution in [2.75, 3.05) is 0 Å². The summed E-state index contributed by atoms with van der Waals surface area (Å²) >= 11 is 13.3. The van der Waals surface area contributed by atoms with Gasteiger partial charge in [-0.3, -0.25) is 19.2 Å². The minimum absolute atomic E-state index is 0. The maximum atomic E-state index is 11.5. The molecule has 12 fully saturated rings. The third-order valence-electron chi connectivity index (χ3n) is 15.8. The zero-order valence-corrected chi connectivity index (χ0v) is 38.2. The van der Waals surface area contributed by atoms with E-state index in [1.54, 1.807) is 0 Å². The Hall–Kier alpha value is -1.44. The number of hydrogen-bond acceptors (Lipinski definition) is 16. The predicted molar refractivity (Wildman–Crippen MR) is 185 cm³/mol. The van der Waals surface area contributed by atoms with Crippen molar-refractivity contribution in [3.05, 3.63) is 0 Å². The van der Waals surface area contributed by atoms with Crippen LogP contribution >= 0.6 is 63.7 Å². The molecule has 0 aromatic heterocycles. The number of esters is 4. The van der Waals surface area contributed by atoms with E-state index in [1.807, 2.05) is 0 Å². The first-order valence-electron chi connectivity index (χ1n) is 18.7. The molecule has 12 rings (SSSR count). The Bertz CT molecular complexity index is 1640. The van der Waals surface area contributed by atoms with Gasteiger partial charge in [-0.15, -0.1) is 0 Å². The third-order valence-corrected chi connectivity index (χ3v) is 21.4. The van der Waals surface area contributed by atoms with E-state index in [9.17, 15) is 58.8 Å². The first kappa shape index (κ1) is 42.3. The maximum absolute atomic E-state index is 11.5. The fourth-order valence-corrected chi connectivity index (χ4v) is 18.5. The number of rotatable bonds is 4. The van der Waals surface area contributed by atoms with E-state index >= 15 is 0 Å². The van der Waals surface area contributed by atoms with Gasteiger partial charge in [0.1, 0.15) is 46.1 Å². The zero-order chi connectivity index (χ0) is 40.3. The van der Waals surface area contributed by atoms with Gasteiger partial charge in [-0.2, -0.15) is 0 Å². The summed E-state index contributed by atoms with van der Waals surface area (Å²) in [6.45, 7) is 0. The van der Waals surface area contributed by atoms with Crippen molar-refractivity contribution in [1.29, 1.82) is 0 Å². The molecule has 21 heteroatoms. The number of carbonyl (C=O) groups is 8. The minimum atomic E-state index is -1.40. The van der Waals surface area contributed by atoms with Crippen molar-refractivity contribution in [3.8, 4) is 0 Å². The maximum Gasteiger partial charge on any atom is 4.00 e. The van der Waals surface area contributed by atoms with Gasteiger partial charge in [0.2, 0.25) is 0 Å². The summed E-state index contributed by atoms with van der Waals surface area (Å²) in [5.74, 6) is -7.58. The van der Waals surface area contributed by atoms with Crippen LogP contribution < -0.4 is 20.4 Å². The van der Waals surface area contributed by atoms with Gasteiger partial charge in [0.05, 0.1) is 23.9 Å². The van der Waals surface area contributed by atoms with E-state index in [0.717, 1.165) is 51.4 Å². The summed E-state index contributed by atoms with van der Waals surface area (Å²) in [6.07, 6.45) is 6.04. The number of carboxylic acid groups (broad SMARTS) is 4. The van der Waals surface area contributed by atoms with Crippen molar-refractivity contribution in [2.24, 2.45) is 69.0 Å². The average molecular weight is 1130 g/mol. The molecule has 16 bridgehead atoms. The molecule has 16 nitrogen and oxygen atoms in total. The van der Waals surface area contributed by atoms with Gasteiger partial charge in [-0.1, -0.05) is 63.7 Å². The topological polar surface area (TPSA) is 266 Å². The molecule has 4 aliphatic heterocycles.